The van der Waals surface area contributed by atoms with Gasteiger partial charge < -0.3 is 10.0 Å². The fourth-order valence-corrected chi connectivity index (χ4v) is 1.92. The first kappa shape index (κ1) is 10.8. The average Bonchev–Trinajstić information content (AvgIpc) is 2.23. The normalized spacial score (nSPS) is 21.8. The van der Waals surface area contributed by atoms with Gasteiger partial charge in [0.25, 0.3) is 0 Å². The third-order valence-corrected chi connectivity index (χ3v) is 3.41. The predicted molar refractivity (Wildman–Crippen MR) is 61.7 cm³/mol. The van der Waals surface area contributed by atoms with Crippen molar-refractivity contribution in [1.29, 1.82) is 0 Å². The molecule has 1 aromatic rings. The van der Waals surface area contributed by atoms with E-state index in [1.165, 1.54) is 0 Å². The van der Waals surface area contributed by atoms with Gasteiger partial charge in [-0.3, -0.25) is 0 Å². The maximum absolute atomic E-state index is 9.82. The van der Waals surface area contributed by atoms with Crippen LogP contribution in [0.5, 0.6) is 0 Å². The average molecular weight is 272 g/mol. The van der Waals surface area contributed by atoms with Crippen LogP contribution in [0.2, 0.25) is 0 Å². The Hall–Kier alpha value is -0.680. The summed E-state index contributed by atoms with van der Waals surface area (Å²) in [6, 6.07) is 0. The van der Waals surface area contributed by atoms with Gasteiger partial charge in [0.05, 0.1) is 10.2 Å². The minimum absolute atomic E-state index is 0.431. The molecule has 0 radical (unpaired) electrons. The molecule has 0 spiro atoms. The molecule has 82 valence electrons. The summed E-state index contributed by atoms with van der Waals surface area (Å²) in [4.78, 5) is 10.4. The van der Waals surface area contributed by atoms with Gasteiger partial charge in [-0.05, 0) is 42.1 Å². The lowest BCUT2D eigenvalue weighted by molar-refractivity contribution is 0.138. The Morgan fingerprint density at radius 2 is 2.33 bits per heavy atom. The first-order valence-corrected chi connectivity index (χ1v) is 5.91. The van der Waals surface area contributed by atoms with Crippen molar-refractivity contribution < 1.29 is 5.11 Å². The SMILES string of the molecule is Cc1nc(N2CCCCC2O)ncc1Br. The van der Waals surface area contributed by atoms with E-state index < -0.39 is 6.23 Å². The van der Waals surface area contributed by atoms with Crippen LogP contribution in [0.15, 0.2) is 10.7 Å². The standard InChI is InChI=1S/C10H14BrN3O/c1-7-8(11)6-12-10(13-7)14-5-3-2-4-9(14)15/h6,9,15H,2-5H2,1H3. The molecule has 1 atom stereocenters. The van der Waals surface area contributed by atoms with Crippen LogP contribution in [-0.2, 0) is 0 Å². The van der Waals surface area contributed by atoms with Gasteiger partial charge in [0.1, 0.15) is 6.23 Å². The molecule has 0 bridgehead atoms. The molecule has 4 nitrogen and oxygen atoms in total. The molecule has 2 heterocycles. The Morgan fingerprint density at radius 1 is 1.53 bits per heavy atom. The second kappa shape index (κ2) is 4.45. The van der Waals surface area contributed by atoms with Crippen LogP contribution < -0.4 is 4.90 Å². The number of piperidine rings is 1. The molecule has 5 heteroatoms. The van der Waals surface area contributed by atoms with E-state index in [0.29, 0.717) is 5.95 Å². The lowest BCUT2D eigenvalue weighted by atomic mass is 10.1. The third-order valence-electron chi connectivity index (χ3n) is 2.63. The number of hydrogen-bond donors (Lipinski definition) is 1. The largest absolute Gasteiger partial charge is 0.374 e. The minimum Gasteiger partial charge on any atom is -0.374 e. The highest BCUT2D eigenvalue weighted by molar-refractivity contribution is 9.10. The summed E-state index contributed by atoms with van der Waals surface area (Å²) in [6.45, 7) is 2.76. The maximum Gasteiger partial charge on any atom is 0.227 e. The van der Waals surface area contributed by atoms with Gasteiger partial charge in [0.15, 0.2) is 0 Å². The van der Waals surface area contributed by atoms with Crippen LogP contribution in [0.3, 0.4) is 0 Å². The molecule has 1 aliphatic heterocycles. The topological polar surface area (TPSA) is 49.2 Å². The fraction of sp³-hybridized carbons (Fsp3) is 0.600. The molecule has 1 aromatic heterocycles. The van der Waals surface area contributed by atoms with Crippen molar-refractivity contribution in [2.24, 2.45) is 0 Å². The number of nitrogens with zero attached hydrogens (tertiary/aromatic N) is 3. The summed E-state index contributed by atoms with van der Waals surface area (Å²) < 4.78 is 0.901. The van der Waals surface area contributed by atoms with Crippen molar-refractivity contribution in [3.63, 3.8) is 0 Å². The Balaban J connectivity index is 2.24. The van der Waals surface area contributed by atoms with Gasteiger partial charge in [0, 0.05) is 12.7 Å². The molecule has 0 amide bonds. The lowest BCUT2D eigenvalue weighted by Crippen LogP contribution is -2.40. The number of aliphatic hydroxyl groups excluding tert-OH is 1. The van der Waals surface area contributed by atoms with Crippen molar-refractivity contribution >= 4 is 21.9 Å². The first-order valence-electron chi connectivity index (χ1n) is 5.12. The van der Waals surface area contributed by atoms with E-state index in [-0.39, 0.29) is 0 Å². The quantitative estimate of drug-likeness (QED) is 0.847. The smallest absolute Gasteiger partial charge is 0.227 e. The minimum atomic E-state index is -0.431. The molecule has 0 aromatic carbocycles. The monoisotopic (exact) mass is 271 g/mol. The van der Waals surface area contributed by atoms with Crippen molar-refractivity contribution in [2.45, 2.75) is 32.4 Å². The summed E-state index contributed by atoms with van der Waals surface area (Å²) in [6.07, 6.45) is 4.28. The zero-order valence-electron chi connectivity index (χ0n) is 8.65. The van der Waals surface area contributed by atoms with Crippen molar-refractivity contribution in [3.8, 4) is 0 Å². The Labute approximate surface area is 97.5 Å². The summed E-state index contributed by atoms with van der Waals surface area (Å²) >= 11 is 3.36. The zero-order chi connectivity index (χ0) is 10.8. The van der Waals surface area contributed by atoms with Crippen molar-refractivity contribution in [1.82, 2.24) is 9.97 Å². The Kier molecular flexibility index (Phi) is 3.21. The molecule has 0 aliphatic carbocycles. The van der Waals surface area contributed by atoms with Gasteiger partial charge in [-0.2, -0.15) is 0 Å². The zero-order valence-corrected chi connectivity index (χ0v) is 10.2. The Morgan fingerprint density at radius 3 is 3.00 bits per heavy atom. The second-order valence-electron chi connectivity index (χ2n) is 3.77. The molecule has 1 aliphatic rings. The Bertz CT molecular complexity index is 359. The van der Waals surface area contributed by atoms with Crippen LogP contribution in [0.4, 0.5) is 5.95 Å². The van der Waals surface area contributed by atoms with E-state index in [4.69, 9.17) is 0 Å². The van der Waals surface area contributed by atoms with E-state index in [1.807, 2.05) is 11.8 Å². The lowest BCUT2D eigenvalue weighted by Gasteiger charge is -2.32. The highest BCUT2D eigenvalue weighted by Crippen LogP contribution is 2.22. The summed E-state index contributed by atoms with van der Waals surface area (Å²) in [7, 11) is 0. The highest BCUT2D eigenvalue weighted by atomic mass is 79.9. The number of aliphatic hydroxyl groups is 1. The molecule has 1 unspecified atom stereocenters. The number of rotatable bonds is 1. The maximum atomic E-state index is 9.82. The van der Waals surface area contributed by atoms with Crippen molar-refractivity contribution in [3.05, 3.63) is 16.4 Å². The van der Waals surface area contributed by atoms with E-state index >= 15 is 0 Å². The van der Waals surface area contributed by atoms with Gasteiger partial charge >= 0.3 is 0 Å². The van der Waals surface area contributed by atoms with Crippen LogP contribution in [-0.4, -0.2) is 27.8 Å². The van der Waals surface area contributed by atoms with E-state index in [2.05, 4.69) is 25.9 Å². The highest BCUT2D eigenvalue weighted by Gasteiger charge is 2.22. The number of hydrogen-bond acceptors (Lipinski definition) is 4. The molecule has 1 saturated heterocycles. The predicted octanol–water partition coefficient (Wildman–Crippen LogP) is 1.86. The molecule has 1 fully saturated rings. The molecule has 2 rings (SSSR count). The van der Waals surface area contributed by atoms with Crippen LogP contribution in [0.25, 0.3) is 0 Å². The molecule has 0 saturated carbocycles. The first-order chi connectivity index (χ1) is 7.18. The molecular formula is C10H14BrN3O. The molecule has 1 N–H and O–H groups in total. The van der Waals surface area contributed by atoms with E-state index in [0.717, 1.165) is 36.0 Å². The number of aromatic nitrogens is 2. The summed E-state index contributed by atoms with van der Waals surface area (Å²) in [5.74, 6) is 0.628. The third kappa shape index (κ3) is 2.29. The second-order valence-corrected chi connectivity index (χ2v) is 4.63. The number of anilines is 1. The van der Waals surface area contributed by atoms with Gasteiger partial charge in [-0.25, -0.2) is 9.97 Å². The number of aryl methyl sites for hydroxylation is 1. The number of halogens is 1. The van der Waals surface area contributed by atoms with E-state index in [9.17, 15) is 5.11 Å². The van der Waals surface area contributed by atoms with E-state index in [1.54, 1.807) is 6.20 Å². The summed E-state index contributed by atoms with van der Waals surface area (Å²) in [5, 5.41) is 9.82. The van der Waals surface area contributed by atoms with Gasteiger partial charge in [-0.15, -0.1) is 0 Å². The molecule has 15 heavy (non-hydrogen) atoms. The summed E-state index contributed by atoms with van der Waals surface area (Å²) in [5.41, 5.74) is 0.901. The van der Waals surface area contributed by atoms with Crippen LogP contribution in [0.1, 0.15) is 25.0 Å². The van der Waals surface area contributed by atoms with Gasteiger partial charge in [0.2, 0.25) is 5.95 Å². The van der Waals surface area contributed by atoms with Crippen LogP contribution >= 0.6 is 15.9 Å². The van der Waals surface area contributed by atoms with Gasteiger partial charge in [-0.1, -0.05) is 0 Å². The van der Waals surface area contributed by atoms with Crippen molar-refractivity contribution in [2.75, 3.05) is 11.4 Å². The molecular weight excluding hydrogens is 258 g/mol. The fourth-order valence-electron chi connectivity index (χ4n) is 1.73. The van der Waals surface area contributed by atoms with Crippen LogP contribution in [0, 0.1) is 6.92 Å².